The number of nitrogens with one attached hydrogen (secondary N) is 1. The zero-order valence-corrected chi connectivity index (χ0v) is 15.5. The molecule has 24 heavy (non-hydrogen) atoms. The van der Waals surface area contributed by atoms with Gasteiger partial charge < -0.3 is 14.8 Å². The van der Waals surface area contributed by atoms with Gasteiger partial charge in [0.25, 0.3) is 0 Å². The average molecular weight is 366 g/mol. The van der Waals surface area contributed by atoms with E-state index in [-0.39, 0.29) is 5.91 Å². The van der Waals surface area contributed by atoms with Crippen LogP contribution in [0.3, 0.4) is 0 Å². The van der Waals surface area contributed by atoms with Gasteiger partial charge in [0.15, 0.2) is 0 Å². The molecule has 0 spiro atoms. The summed E-state index contributed by atoms with van der Waals surface area (Å²) in [6, 6.07) is 11.6. The van der Waals surface area contributed by atoms with E-state index in [1.54, 1.807) is 23.9 Å². The number of hydrogen-bond donors (Lipinski definition) is 1. The molecule has 0 unspecified atom stereocenters. The second-order valence-electron chi connectivity index (χ2n) is 5.21. The lowest BCUT2D eigenvalue weighted by Gasteiger charge is -2.13. The van der Waals surface area contributed by atoms with Gasteiger partial charge in [0.1, 0.15) is 11.5 Å². The topological polar surface area (TPSA) is 47.6 Å². The van der Waals surface area contributed by atoms with Gasteiger partial charge in [0.05, 0.1) is 30.7 Å². The first-order valence-corrected chi connectivity index (χ1v) is 8.91. The van der Waals surface area contributed by atoms with Gasteiger partial charge in [0, 0.05) is 17.9 Å². The highest BCUT2D eigenvalue weighted by Gasteiger charge is 2.12. The van der Waals surface area contributed by atoms with Gasteiger partial charge in [-0.15, -0.1) is 11.8 Å². The quantitative estimate of drug-likeness (QED) is 0.782. The molecule has 0 aliphatic heterocycles. The molecule has 4 nitrogen and oxygen atoms in total. The fourth-order valence-corrected chi connectivity index (χ4v) is 3.11. The SMILES string of the molecule is COc1cc(NC(=O)CSCc2ccc(C)cc2)c(OC)cc1Cl. The summed E-state index contributed by atoms with van der Waals surface area (Å²) in [7, 11) is 3.05. The Morgan fingerprint density at radius 1 is 1.12 bits per heavy atom. The molecule has 2 rings (SSSR count). The lowest BCUT2D eigenvalue weighted by atomic mass is 10.2. The number of hydrogen-bond acceptors (Lipinski definition) is 4. The molecule has 128 valence electrons. The third-order valence-corrected chi connectivity index (χ3v) is 4.67. The number of carbonyl (C=O) groups is 1. The number of thioether (sulfide) groups is 1. The van der Waals surface area contributed by atoms with Crippen molar-refractivity contribution in [2.75, 3.05) is 25.3 Å². The van der Waals surface area contributed by atoms with Crippen LogP contribution in [-0.4, -0.2) is 25.9 Å². The standard InChI is InChI=1S/C18H20ClNO3S/c1-12-4-6-13(7-5-12)10-24-11-18(21)20-15-9-16(22-2)14(19)8-17(15)23-3/h4-9H,10-11H2,1-3H3,(H,20,21). The Morgan fingerprint density at radius 2 is 1.79 bits per heavy atom. The van der Waals surface area contributed by atoms with Crippen molar-refractivity contribution >= 4 is 35.0 Å². The van der Waals surface area contributed by atoms with Crippen LogP contribution in [0.15, 0.2) is 36.4 Å². The van der Waals surface area contributed by atoms with E-state index in [2.05, 4.69) is 36.5 Å². The summed E-state index contributed by atoms with van der Waals surface area (Å²) in [5, 5.41) is 3.27. The zero-order chi connectivity index (χ0) is 17.5. The lowest BCUT2D eigenvalue weighted by Crippen LogP contribution is -2.15. The molecule has 2 aromatic rings. The number of benzene rings is 2. The normalized spacial score (nSPS) is 10.3. The fourth-order valence-electron chi connectivity index (χ4n) is 2.09. The summed E-state index contributed by atoms with van der Waals surface area (Å²) in [6.07, 6.45) is 0. The van der Waals surface area contributed by atoms with Crippen LogP contribution in [-0.2, 0) is 10.5 Å². The summed E-state index contributed by atoms with van der Waals surface area (Å²) in [5.41, 5.74) is 2.97. The molecule has 0 atom stereocenters. The predicted octanol–water partition coefficient (Wildman–Crippen LogP) is 4.54. The first kappa shape index (κ1) is 18.5. The van der Waals surface area contributed by atoms with Gasteiger partial charge in [-0.3, -0.25) is 4.79 Å². The lowest BCUT2D eigenvalue weighted by molar-refractivity contribution is -0.113. The molecule has 0 aromatic heterocycles. The Labute approximate surface area is 151 Å². The van der Waals surface area contributed by atoms with Crippen LogP contribution >= 0.6 is 23.4 Å². The molecule has 0 radical (unpaired) electrons. The molecule has 0 aliphatic rings. The minimum atomic E-state index is -0.102. The van der Waals surface area contributed by atoms with E-state index in [1.807, 2.05) is 0 Å². The van der Waals surface area contributed by atoms with Crippen LogP contribution in [0, 0.1) is 6.92 Å². The van der Waals surface area contributed by atoms with E-state index in [9.17, 15) is 4.79 Å². The summed E-state index contributed by atoms with van der Waals surface area (Å²) in [6.45, 7) is 2.05. The minimum absolute atomic E-state index is 0.102. The van der Waals surface area contributed by atoms with Crippen molar-refractivity contribution in [3.8, 4) is 11.5 Å². The Morgan fingerprint density at radius 3 is 2.42 bits per heavy atom. The number of ether oxygens (including phenoxy) is 2. The fraction of sp³-hybridized carbons (Fsp3) is 0.278. The first-order valence-electron chi connectivity index (χ1n) is 7.38. The second-order valence-corrected chi connectivity index (χ2v) is 6.61. The Bertz CT molecular complexity index is 704. The number of carbonyl (C=O) groups excluding carboxylic acids is 1. The number of amides is 1. The smallest absolute Gasteiger partial charge is 0.234 e. The Hall–Kier alpha value is -1.85. The van der Waals surface area contributed by atoms with E-state index >= 15 is 0 Å². The molecule has 0 aliphatic carbocycles. The Balaban J connectivity index is 1.93. The summed E-state index contributed by atoms with van der Waals surface area (Å²) < 4.78 is 10.4. The highest BCUT2D eigenvalue weighted by atomic mass is 35.5. The maximum atomic E-state index is 12.1. The molecular weight excluding hydrogens is 346 g/mol. The van der Waals surface area contributed by atoms with E-state index in [4.69, 9.17) is 21.1 Å². The van der Waals surface area contributed by atoms with Gasteiger partial charge in [-0.05, 0) is 12.5 Å². The number of methoxy groups -OCH3 is 2. The number of halogens is 1. The highest BCUT2D eigenvalue weighted by molar-refractivity contribution is 7.99. The molecule has 1 N–H and O–H groups in total. The van der Waals surface area contributed by atoms with E-state index in [0.717, 1.165) is 5.75 Å². The third kappa shape index (κ3) is 5.08. The number of aryl methyl sites for hydroxylation is 1. The summed E-state index contributed by atoms with van der Waals surface area (Å²) in [5.74, 6) is 2.02. The van der Waals surface area contributed by atoms with Gasteiger partial charge in [-0.25, -0.2) is 0 Å². The highest BCUT2D eigenvalue weighted by Crippen LogP contribution is 2.35. The van der Waals surface area contributed by atoms with Crippen molar-refractivity contribution < 1.29 is 14.3 Å². The maximum absolute atomic E-state index is 12.1. The molecular formula is C18H20ClNO3S. The molecule has 0 saturated carbocycles. The molecule has 0 heterocycles. The van der Waals surface area contributed by atoms with Crippen molar-refractivity contribution in [2.45, 2.75) is 12.7 Å². The molecule has 2 aromatic carbocycles. The van der Waals surface area contributed by atoms with Crippen LogP contribution < -0.4 is 14.8 Å². The van der Waals surface area contributed by atoms with Gasteiger partial charge >= 0.3 is 0 Å². The van der Waals surface area contributed by atoms with E-state index < -0.39 is 0 Å². The van der Waals surface area contributed by atoms with Gasteiger partial charge in [-0.2, -0.15) is 0 Å². The van der Waals surface area contributed by atoms with Crippen molar-refractivity contribution in [3.05, 3.63) is 52.5 Å². The van der Waals surface area contributed by atoms with Crippen LogP contribution in [0.4, 0.5) is 5.69 Å². The van der Waals surface area contributed by atoms with Gasteiger partial charge in [0.2, 0.25) is 5.91 Å². The van der Waals surface area contributed by atoms with Crippen LogP contribution in [0.1, 0.15) is 11.1 Å². The average Bonchev–Trinajstić information content (AvgIpc) is 2.57. The zero-order valence-electron chi connectivity index (χ0n) is 13.9. The summed E-state index contributed by atoms with van der Waals surface area (Å²) in [4.78, 5) is 12.1. The monoisotopic (exact) mass is 365 g/mol. The predicted molar refractivity (Wildman–Crippen MR) is 101 cm³/mol. The minimum Gasteiger partial charge on any atom is -0.495 e. The van der Waals surface area contributed by atoms with Gasteiger partial charge in [-0.1, -0.05) is 41.4 Å². The second kappa shape index (κ2) is 8.85. The molecule has 1 amide bonds. The van der Waals surface area contributed by atoms with E-state index in [0.29, 0.717) is 28.0 Å². The van der Waals surface area contributed by atoms with Crippen molar-refractivity contribution in [3.63, 3.8) is 0 Å². The largest absolute Gasteiger partial charge is 0.495 e. The first-order chi connectivity index (χ1) is 11.5. The van der Waals surface area contributed by atoms with Crippen molar-refractivity contribution in [1.29, 1.82) is 0 Å². The van der Waals surface area contributed by atoms with Crippen molar-refractivity contribution in [2.24, 2.45) is 0 Å². The number of anilines is 1. The third-order valence-electron chi connectivity index (χ3n) is 3.37. The molecule has 6 heteroatoms. The molecule has 0 bridgehead atoms. The Kier molecular flexibility index (Phi) is 6.82. The van der Waals surface area contributed by atoms with Crippen molar-refractivity contribution in [1.82, 2.24) is 0 Å². The van der Waals surface area contributed by atoms with Crippen LogP contribution in [0.5, 0.6) is 11.5 Å². The maximum Gasteiger partial charge on any atom is 0.234 e. The molecule has 0 saturated heterocycles. The van der Waals surface area contributed by atoms with Crippen LogP contribution in [0.2, 0.25) is 5.02 Å². The molecule has 0 fully saturated rings. The number of rotatable bonds is 7. The van der Waals surface area contributed by atoms with E-state index in [1.165, 1.54) is 25.3 Å². The van der Waals surface area contributed by atoms with Crippen LogP contribution in [0.25, 0.3) is 0 Å². The summed E-state index contributed by atoms with van der Waals surface area (Å²) >= 11 is 7.61.